The molecule has 2 N–H and O–H groups in total. The van der Waals surface area contributed by atoms with Crippen LogP contribution in [0.15, 0.2) is 0 Å². The van der Waals surface area contributed by atoms with Gasteiger partial charge in [0.1, 0.15) is 0 Å². The molecule has 8 nitrogen and oxygen atoms in total. The molecule has 0 atom stereocenters. The number of unbranched alkanes of at least 4 members (excludes halogenated alkanes) is 23. The zero-order valence-electron chi connectivity index (χ0n) is 36.3. The molecule has 322 valence electrons. The van der Waals surface area contributed by atoms with Crippen LogP contribution in [0.25, 0.3) is 0 Å². The van der Waals surface area contributed by atoms with Crippen molar-refractivity contribution in [2.45, 2.75) is 233 Å². The quantitative estimate of drug-likeness (QED) is 0.0371. The molecule has 0 spiro atoms. The van der Waals surface area contributed by atoms with E-state index in [1.807, 2.05) is 0 Å². The third-order valence-corrected chi connectivity index (χ3v) is 10.4. The molecule has 0 saturated heterocycles. The van der Waals surface area contributed by atoms with Crippen molar-refractivity contribution in [3.63, 3.8) is 0 Å². The Labute approximate surface area is 335 Å². The van der Waals surface area contributed by atoms with E-state index in [0.29, 0.717) is 45.7 Å². The maximum absolute atomic E-state index is 12.5. The molecule has 8 heteroatoms. The summed E-state index contributed by atoms with van der Waals surface area (Å²) >= 11 is 0. The lowest BCUT2D eigenvalue weighted by Gasteiger charge is -2.22. The predicted octanol–water partition coefficient (Wildman–Crippen LogP) is 12.2. The lowest BCUT2D eigenvalue weighted by Crippen LogP contribution is -2.28. The van der Waals surface area contributed by atoms with E-state index in [-0.39, 0.29) is 18.2 Å². The van der Waals surface area contributed by atoms with Gasteiger partial charge < -0.3 is 29.6 Å². The highest BCUT2D eigenvalue weighted by Crippen LogP contribution is 2.14. The molecular formula is C46H92N2O6. The van der Waals surface area contributed by atoms with Gasteiger partial charge in [0, 0.05) is 26.1 Å². The normalized spacial score (nSPS) is 11.6. The van der Waals surface area contributed by atoms with Gasteiger partial charge in [0.15, 0.2) is 6.29 Å². The second-order valence-electron chi connectivity index (χ2n) is 15.7. The number of nitrogens with two attached hydrogens (primary N) is 1. The average Bonchev–Trinajstić information content (AvgIpc) is 3.17. The number of hydrogen-bond donors (Lipinski definition) is 1. The molecule has 0 aliphatic rings. The van der Waals surface area contributed by atoms with E-state index in [0.717, 1.165) is 90.4 Å². The average molecular weight is 769 g/mol. The Hall–Kier alpha value is -1.22. The highest BCUT2D eigenvalue weighted by molar-refractivity contribution is 5.69. The highest BCUT2D eigenvalue weighted by Gasteiger charge is 2.14. The molecule has 0 saturated carbocycles. The third-order valence-electron chi connectivity index (χ3n) is 10.4. The molecule has 0 radical (unpaired) electrons. The van der Waals surface area contributed by atoms with Crippen LogP contribution in [0.1, 0.15) is 226 Å². The summed E-state index contributed by atoms with van der Waals surface area (Å²) in [5.41, 5.74) is 5.82. The first-order valence-corrected chi connectivity index (χ1v) is 23.5. The van der Waals surface area contributed by atoms with E-state index in [2.05, 4.69) is 25.7 Å². The minimum atomic E-state index is -0.314. The number of nitrogens with zero attached hydrogens (tertiary/aromatic N) is 1. The van der Waals surface area contributed by atoms with Crippen LogP contribution in [0.4, 0.5) is 0 Å². The van der Waals surface area contributed by atoms with Gasteiger partial charge in [0.05, 0.1) is 19.6 Å². The molecule has 0 fully saturated rings. The summed E-state index contributed by atoms with van der Waals surface area (Å²) in [5.74, 6) is -0.165. The van der Waals surface area contributed by atoms with E-state index in [1.165, 1.54) is 122 Å². The topological polar surface area (TPSA) is 100 Å². The Morgan fingerprint density at radius 1 is 0.426 bits per heavy atom. The Bertz CT molecular complexity index is 751. The van der Waals surface area contributed by atoms with E-state index in [1.54, 1.807) is 0 Å². The van der Waals surface area contributed by atoms with Gasteiger partial charge in [0.2, 0.25) is 0 Å². The van der Waals surface area contributed by atoms with Gasteiger partial charge in [-0.05, 0) is 77.5 Å². The number of rotatable bonds is 45. The summed E-state index contributed by atoms with van der Waals surface area (Å²) in [7, 11) is 0. The molecule has 0 aromatic carbocycles. The molecular weight excluding hydrogens is 677 g/mol. The van der Waals surface area contributed by atoms with E-state index < -0.39 is 0 Å². The van der Waals surface area contributed by atoms with Crippen molar-refractivity contribution >= 4 is 11.9 Å². The van der Waals surface area contributed by atoms with Crippen molar-refractivity contribution in [3.05, 3.63) is 0 Å². The molecule has 0 aromatic heterocycles. The fourth-order valence-electron chi connectivity index (χ4n) is 6.80. The monoisotopic (exact) mass is 769 g/mol. The van der Waals surface area contributed by atoms with E-state index in [4.69, 9.17) is 24.7 Å². The van der Waals surface area contributed by atoms with Gasteiger partial charge in [-0.2, -0.15) is 0 Å². The van der Waals surface area contributed by atoms with E-state index in [9.17, 15) is 9.59 Å². The second-order valence-corrected chi connectivity index (χ2v) is 15.7. The smallest absolute Gasteiger partial charge is 0.305 e. The van der Waals surface area contributed by atoms with Crippen molar-refractivity contribution in [3.8, 4) is 0 Å². The fraction of sp³-hybridized carbons (Fsp3) is 0.957. The van der Waals surface area contributed by atoms with Crippen molar-refractivity contribution in [2.75, 3.05) is 52.6 Å². The number of hydrogen-bond acceptors (Lipinski definition) is 8. The predicted molar refractivity (Wildman–Crippen MR) is 228 cm³/mol. The SMILES string of the molecule is CCCCCCCCCOC(=O)CCCCCCCN(CCCN)CCCCCCOC(=O)CCC(OCCCCCCCC)OCCCCCCCC. The van der Waals surface area contributed by atoms with Crippen molar-refractivity contribution in [1.29, 1.82) is 0 Å². The van der Waals surface area contributed by atoms with Crippen LogP contribution in [0.2, 0.25) is 0 Å². The molecule has 0 unspecified atom stereocenters. The molecule has 0 aliphatic heterocycles. The first-order chi connectivity index (χ1) is 26.6. The van der Waals surface area contributed by atoms with Crippen LogP contribution in [-0.4, -0.2) is 75.7 Å². The second kappa shape index (κ2) is 44.5. The number of ether oxygens (including phenoxy) is 4. The van der Waals surface area contributed by atoms with Gasteiger partial charge in [-0.15, -0.1) is 0 Å². The van der Waals surface area contributed by atoms with Gasteiger partial charge in [-0.25, -0.2) is 0 Å². The molecule has 0 rings (SSSR count). The summed E-state index contributed by atoms with van der Waals surface area (Å²) in [4.78, 5) is 27.1. The molecule has 0 bridgehead atoms. The molecule has 0 aliphatic carbocycles. The number of carbonyl (C=O) groups is 2. The van der Waals surface area contributed by atoms with Gasteiger partial charge in [0.25, 0.3) is 0 Å². The van der Waals surface area contributed by atoms with Gasteiger partial charge in [-0.1, -0.05) is 156 Å². The summed E-state index contributed by atoms with van der Waals surface area (Å²) < 4.78 is 23.2. The minimum absolute atomic E-state index is 0.0239. The Kier molecular flexibility index (Phi) is 43.5. The van der Waals surface area contributed by atoms with Crippen LogP contribution in [0.3, 0.4) is 0 Å². The maximum atomic E-state index is 12.5. The number of esters is 2. The summed E-state index contributed by atoms with van der Waals surface area (Å²) in [5, 5.41) is 0. The van der Waals surface area contributed by atoms with E-state index >= 15 is 0 Å². The largest absolute Gasteiger partial charge is 0.466 e. The molecule has 0 aromatic rings. The van der Waals surface area contributed by atoms with Crippen LogP contribution >= 0.6 is 0 Å². The van der Waals surface area contributed by atoms with Crippen molar-refractivity contribution in [1.82, 2.24) is 4.90 Å². The summed E-state index contributed by atoms with van der Waals surface area (Å²) in [6.45, 7) is 13.2. The summed E-state index contributed by atoms with van der Waals surface area (Å²) in [6, 6.07) is 0. The first kappa shape index (κ1) is 52.8. The van der Waals surface area contributed by atoms with Gasteiger partial charge in [-0.3, -0.25) is 9.59 Å². The molecule has 54 heavy (non-hydrogen) atoms. The van der Waals surface area contributed by atoms with Crippen LogP contribution in [0.5, 0.6) is 0 Å². The Morgan fingerprint density at radius 3 is 1.22 bits per heavy atom. The number of carbonyl (C=O) groups excluding carboxylic acids is 2. The molecule has 0 heterocycles. The summed E-state index contributed by atoms with van der Waals surface area (Å²) in [6.07, 6.45) is 35.5. The lowest BCUT2D eigenvalue weighted by molar-refractivity contribution is -0.159. The fourth-order valence-corrected chi connectivity index (χ4v) is 6.80. The highest BCUT2D eigenvalue weighted by atomic mass is 16.7. The zero-order valence-corrected chi connectivity index (χ0v) is 36.3. The van der Waals surface area contributed by atoms with Crippen molar-refractivity contribution in [2.24, 2.45) is 5.73 Å². The van der Waals surface area contributed by atoms with Crippen LogP contribution < -0.4 is 5.73 Å². The minimum Gasteiger partial charge on any atom is -0.466 e. The first-order valence-electron chi connectivity index (χ1n) is 23.5. The van der Waals surface area contributed by atoms with Crippen LogP contribution in [-0.2, 0) is 28.5 Å². The van der Waals surface area contributed by atoms with Crippen molar-refractivity contribution < 1.29 is 28.5 Å². The Morgan fingerprint density at radius 2 is 0.778 bits per heavy atom. The van der Waals surface area contributed by atoms with Gasteiger partial charge >= 0.3 is 11.9 Å². The third kappa shape index (κ3) is 40.4. The zero-order chi connectivity index (χ0) is 39.4. The molecule has 0 amide bonds. The maximum Gasteiger partial charge on any atom is 0.305 e. The lowest BCUT2D eigenvalue weighted by atomic mass is 10.1. The van der Waals surface area contributed by atoms with Crippen LogP contribution in [0, 0.1) is 0 Å². The Balaban J connectivity index is 4.04. The standard InChI is InChI=1S/C46H92N2O6/c1-4-7-10-13-16-23-28-40-51-44(49)33-25-18-17-19-26-37-48(39-32-36-47)38-27-20-24-29-41-52-45(50)34-35-46(53-42-30-21-14-11-8-5-2)54-43-31-22-15-12-9-6-3/h46H,4-43,47H2,1-3H3.